The average Bonchev–Trinajstić information content (AvgIpc) is 2.79. The minimum atomic E-state index is -1.21. The zero-order valence-electron chi connectivity index (χ0n) is 11.7. The van der Waals surface area contributed by atoms with Crippen LogP contribution in [0.25, 0.3) is 0 Å². The molecule has 0 saturated carbocycles. The Bertz CT molecular complexity index is 514. The molecule has 1 rings (SSSR count). The molecule has 0 radical (unpaired) electrons. The highest BCUT2D eigenvalue weighted by molar-refractivity contribution is 5.83. The molecule has 0 unspecified atom stereocenters. The van der Waals surface area contributed by atoms with E-state index in [9.17, 15) is 14.4 Å². The molecule has 3 amide bonds. The van der Waals surface area contributed by atoms with E-state index in [0.29, 0.717) is 13.0 Å². The summed E-state index contributed by atoms with van der Waals surface area (Å²) in [5.74, 6) is -1.82. The molecule has 1 heterocycles. The molecule has 9 heteroatoms. The van der Waals surface area contributed by atoms with Crippen LogP contribution in [0.2, 0.25) is 0 Å². The molecule has 0 bridgehead atoms. The van der Waals surface area contributed by atoms with Crippen molar-refractivity contribution in [3.8, 4) is 0 Å². The van der Waals surface area contributed by atoms with Crippen molar-refractivity contribution in [3.05, 3.63) is 18.0 Å². The van der Waals surface area contributed by atoms with Gasteiger partial charge in [-0.25, -0.2) is 9.59 Å². The van der Waals surface area contributed by atoms with Crippen molar-refractivity contribution < 1.29 is 19.5 Å². The number of carbonyl (C=O) groups excluding carboxylic acids is 2. The molecule has 0 aliphatic rings. The van der Waals surface area contributed by atoms with Crippen molar-refractivity contribution in [2.24, 2.45) is 12.8 Å². The second kappa shape index (κ2) is 7.88. The number of nitrogens with two attached hydrogens (primary N) is 1. The van der Waals surface area contributed by atoms with Gasteiger partial charge in [-0.05, 0) is 18.4 Å². The van der Waals surface area contributed by atoms with Crippen LogP contribution in [0.1, 0.15) is 18.4 Å². The monoisotopic (exact) mass is 297 g/mol. The number of hydrogen-bond donors (Lipinski definition) is 4. The largest absolute Gasteiger partial charge is 0.480 e. The van der Waals surface area contributed by atoms with Crippen LogP contribution in [0.3, 0.4) is 0 Å². The quantitative estimate of drug-likeness (QED) is 0.486. The molecule has 0 aliphatic heterocycles. The van der Waals surface area contributed by atoms with Gasteiger partial charge in [0.15, 0.2) is 0 Å². The number of aromatic nitrogens is 2. The topological polar surface area (TPSA) is 139 Å². The summed E-state index contributed by atoms with van der Waals surface area (Å²) in [6, 6.07) is -1.74. The summed E-state index contributed by atoms with van der Waals surface area (Å²) in [5, 5.41) is 17.8. The third kappa shape index (κ3) is 6.41. The Balaban J connectivity index is 2.32. The normalized spacial score (nSPS) is 11.7. The molecular formula is C12H19N5O4. The number of hydrogen-bond acceptors (Lipinski definition) is 4. The van der Waals surface area contributed by atoms with Gasteiger partial charge in [0, 0.05) is 26.2 Å². The first-order valence-corrected chi connectivity index (χ1v) is 6.41. The number of nitrogens with one attached hydrogen (secondary N) is 2. The number of aliphatic carboxylic acids is 1. The minimum absolute atomic E-state index is 0.0410. The molecule has 21 heavy (non-hydrogen) atoms. The third-order valence-electron chi connectivity index (χ3n) is 2.74. The van der Waals surface area contributed by atoms with Gasteiger partial charge < -0.3 is 21.5 Å². The Morgan fingerprint density at radius 2 is 2.19 bits per heavy atom. The summed E-state index contributed by atoms with van der Waals surface area (Å²) < 4.78 is 1.65. The van der Waals surface area contributed by atoms with E-state index < -0.39 is 23.9 Å². The number of primary amides is 1. The summed E-state index contributed by atoms with van der Waals surface area (Å²) in [6.45, 7) is 0.347. The Labute approximate surface area is 121 Å². The SMILES string of the molecule is Cn1cc(CCNC(=O)N[C@@H](CCC(N)=O)C(=O)O)cn1. The molecule has 5 N–H and O–H groups in total. The second-order valence-electron chi connectivity index (χ2n) is 4.57. The van der Waals surface area contributed by atoms with Crippen molar-refractivity contribution in [2.45, 2.75) is 25.3 Å². The van der Waals surface area contributed by atoms with Crippen molar-refractivity contribution >= 4 is 17.9 Å². The number of urea groups is 1. The van der Waals surface area contributed by atoms with Gasteiger partial charge in [-0.2, -0.15) is 5.10 Å². The smallest absolute Gasteiger partial charge is 0.326 e. The van der Waals surface area contributed by atoms with E-state index in [1.54, 1.807) is 17.9 Å². The van der Waals surface area contributed by atoms with E-state index in [0.717, 1.165) is 5.56 Å². The molecule has 116 valence electrons. The Morgan fingerprint density at radius 3 is 2.71 bits per heavy atom. The van der Waals surface area contributed by atoms with Crippen molar-refractivity contribution in [1.29, 1.82) is 0 Å². The van der Waals surface area contributed by atoms with Gasteiger partial charge in [0.1, 0.15) is 6.04 Å². The van der Waals surface area contributed by atoms with Gasteiger partial charge in [0.2, 0.25) is 5.91 Å². The maximum absolute atomic E-state index is 11.6. The molecular weight excluding hydrogens is 278 g/mol. The van der Waals surface area contributed by atoms with E-state index in [1.807, 2.05) is 6.20 Å². The number of carbonyl (C=O) groups is 3. The first-order valence-electron chi connectivity index (χ1n) is 6.41. The fourth-order valence-corrected chi connectivity index (χ4v) is 1.67. The minimum Gasteiger partial charge on any atom is -0.480 e. The van der Waals surface area contributed by atoms with E-state index in [2.05, 4.69) is 15.7 Å². The number of carboxylic acid groups (broad SMARTS) is 1. The molecule has 0 spiro atoms. The summed E-state index contributed by atoms with van der Waals surface area (Å²) in [7, 11) is 1.79. The predicted octanol–water partition coefficient (Wildman–Crippen LogP) is -1.02. The second-order valence-corrected chi connectivity index (χ2v) is 4.57. The fourth-order valence-electron chi connectivity index (χ4n) is 1.67. The maximum Gasteiger partial charge on any atom is 0.326 e. The van der Waals surface area contributed by atoms with Gasteiger partial charge in [-0.1, -0.05) is 0 Å². The number of carboxylic acids is 1. The Hall–Kier alpha value is -2.58. The van der Waals surface area contributed by atoms with E-state index >= 15 is 0 Å². The van der Waals surface area contributed by atoms with Crippen LogP contribution in [0.4, 0.5) is 4.79 Å². The van der Waals surface area contributed by atoms with Crippen LogP contribution in [0.5, 0.6) is 0 Å². The Morgan fingerprint density at radius 1 is 1.48 bits per heavy atom. The number of amides is 3. The van der Waals surface area contributed by atoms with Crippen LogP contribution in [0.15, 0.2) is 12.4 Å². The van der Waals surface area contributed by atoms with Crippen molar-refractivity contribution in [3.63, 3.8) is 0 Å². The highest BCUT2D eigenvalue weighted by Crippen LogP contribution is 1.98. The number of rotatable bonds is 8. The fraction of sp³-hybridized carbons (Fsp3) is 0.500. The van der Waals surface area contributed by atoms with Gasteiger partial charge in [-0.15, -0.1) is 0 Å². The first kappa shape index (κ1) is 16.5. The van der Waals surface area contributed by atoms with E-state index in [4.69, 9.17) is 10.8 Å². The number of nitrogens with zero attached hydrogens (tertiary/aromatic N) is 2. The molecule has 0 fully saturated rings. The van der Waals surface area contributed by atoms with Crippen LogP contribution < -0.4 is 16.4 Å². The predicted molar refractivity (Wildman–Crippen MR) is 73.3 cm³/mol. The maximum atomic E-state index is 11.6. The summed E-state index contributed by atoms with van der Waals surface area (Å²) in [5.41, 5.74) is 5.91. The molecule has 1 atom stereocenters. The van der Waals surface area contributed by atoms with E-state index in [-0.39, 0.29) is 12.8 Å². The lowest BCUT2D eigenvalue weighted by atomic mass is 10.1. The lowest BCUT2D eigenvalue weighted by Gasteiger charge is -2.14. The molecule has 0 aromatic carbocycles. The average molecular weight is 297 g/mol. The lowest BCUT2D eigenvalue weighted by molar-refractivity contribution is -0.139. The van der Waals surface area contributed by atoms with Crippen LogP contribution in [-0.2, 0) is 23.1 Å². The van der Waals surface area contributed by atoms with E-state index in [1.165, 1.54) is 0 Å². The third-order valence-corrected chi connectivity index (χ3v) is 2.74. The van der Waals surface area contributed by atoms with Crippen LogP contribution in [0, 0.1) is 0 Å². The van der Waals surface area contributed by atoms with Crippen molar-refractivity contribution in [1.82, 2.24) is 20.4 Å². The van der Waals surface area contributed by atoms with Gasteiger partial charge >= 0.3 is 12.0 Å². The molecule has 1 aromatic rings. The van der Waals surface area contributed by atoms with Crippen molar-refractivity contribution in [2.75, 3.05) is 6.54 Å². The summed E-state index contributed by atoms with van der Waals surface area (Å²) >= 11 is 0. The zero-order chi connectivity index (χ0) is 15.8. The molecule has 0 aliphatic carbocycles. The Kier molecular flexibility index (Phi) is 6.18. The van der Waals surface area contributed by atoms with Crippen LogP contribution in [-0.4, -0.2) is 45.4 Å². The summed E-state index contributed by atoms with van der Waals surface area (Å²) in [4.78, 5) is 33.2. The lowest BCUT2D eigenvalue weighted by Crippen LogP contribution is -2.46. The first-order chi connectivity index (χ1) is 9.88. The summed E-state index contributed by atoms with van der Waals surface area (Å²) in [6.07, 6.45) is 3.95. The number of aryl methyl sites for hydroxylation is 1. The highest BCUT2D eigenvalue weighted by Gasteiger charge is 2.20. The zero-order valence-corrected chi connectivity index (χ0v) is 11.7. The molecule has 9 nitrogen and oxygen atoms in total. The molecule has 1 aromatic heterocycles. The van der Waals surface area contributed by atoms with Gasteiger partial charge in [-0.3, -0.25) is 9.48 Å². The highest BCUT2D eigenvalue weighted by atomic mass is 16.4. The van der Waals surface area contributed by atoms with Gasteiger partial charge in [0.05, 0.1) is 6.20 Å². The standard InChI is InChI=1S/C12H19N5O4/c1-17-7-8(6-15-17)4-5-14-12(21)16-9(11(19)20)2-3-10(13)18/h6-7,9H,2-5H2,1H3,(H2,13,18)(H,19,20)(H2,14,16,21)/t9-/m0/s1. The van der Waals surface area contributed by atoms with Gasteiger partial charge in [0.25, 0.3) is 0 Å². The molecule has 0 saturated heterocycles. The van der Waals surface area contributed by atoms with Crippen LogP contribution >= 0.6 is 0 Å².